The van der Waals surface area contributed by atoms with Gasteiger partial charge in [0, 0.05) is 18.8 Å². The van der Waals surface area contributed by atoms with Gasteiger partial charge in [0.1, 0.15) is 12.2 Å². The molecule has 0 atom stereocenters. The maximum Gasteiger partial charge on any atom is 0.233 e. The van der Waals surface area contributed by atoms with Crippen molar-refractivity contribution in [3.8, 4) is 0 Å². The van der Waals surface area contributed by atoms with Crippen LogP contribution in [0, 0.1) is 11.7 Å². The number of rotatable bonds is 3. The standard InChI is InChI=1S/C15H19FN2O2/c1-11-6-8-18(9-7-11)15(20)10-14(19)17-13-4-2-12(16)3-5-13/h2-5,11H,6-10H2,1H3,(H,17,19). The van der Waals surface area contributed by atoms with Gasteiger partial charge in [-0.15, -0.1) is 0 Å². The molecule has 0 spiro atoms. The number of halogens is 1. The lowest BCUT2D eigenvalue weighted by molar-refractivity contribution is -0.135. The van der Waals surface area contributed by atoms with E-state index >= 15 is 0 Å². The molecule has 2 rings (SSSR count). The first-order valence-electron chi connectivity index (χ1n) is 6.88. The van der Waals surface area contributed by atoms with Crippen LogP contribution in [0.4, 0.5) is 10.1 Å². The first-order chi connectivity index (χ1) is 9.54. The molecule has 1 aromatic carbocycles. The summed E-state index contributed by atoms with van der Waals surface area (Å²) in [5.74, 6) is -0.217. The molecule has 1 aromatic rings. The highest BCUT2D eigenvalue weighted by Gasteiger charge is 2.22. The number of carbonyl (C=O) groups excluding carboxylic acids is 2. The van der Waals surface area contributed by atoms with Crippen LogP contribution in [0.3, 0.4) is 0 Å². The molecule has 1 saturated heterocycles. The summed E-state index contributed by atoms with van der Waals surface area (Å²) in [6.45, 7) is 3.62. The Morgan fingerprint density at radius 1 is 1.25 bits per heavy atom. The van der Waals surface area contributed by atoms with Gasteiger partial charge in [-0.25, -0.2) is 4.39 Å². The van der Waals surface area contributed by atoms with Crippen LogP contribution in [0.5, 0.6) is 0 Å². The predicted octanol–water partition coefficient (Wildman–Crippen LogP) is 2.41. The average molecular weight is 278 g/mol. The van der Waals surface area contributed by atoms with E-state index in [1.807, 2.05) is 0 Å². The third-order valence-corrected chi connectivity index (χ3v) is 3.58. The zero-order chi connectivity index (χ0) is 14.5. The third-order valence-electron chi connectivity index (χ3n) is 3.58. The van der Waals surface area contributed by atoms with Gasteiger partial charge in [0.25, 0.3) is 0 Å². The number of hydrogen-bond acceptors (Lipinski definition) is 2. The van der Waals surface area contributed by atoms with E-state index in [-0.39, 0.29) is 24.1 Å². The number of piperidine rings is 1. The van der Waals surface area contributed by atoms with Gasteiger partial charge in [0.15, 0.2) is 0 Å². The maximum absolute atomic E-state index is 12.7. The highest BCUT2D eigenvalue weighted by molar-refractivity contribution is 6.03. The Kier molecular flexibility index (Phi) is 4.71. The Bertz CT molecular complexity index is 479. The number of amides is 2. The summed E-state index contributed by atoms with van der Waals surface area (Å²) >= 11 is 0. The van der Waals surface area contributed by atoms with Gasteiger partial charge in [0.05, 0.1) is 0 Å². The minimum atomic E-state index is -0.361. The van der Waals surface area contributed by atoms with Crippen molar-refractivity contribution in [1.82, 2.24) is 4.90 Å². The predicted molar refractivity (Wildman–Crippen MR) is 74.6 cm³/mol. The zero-order valence-corrected chi connectivity index (χ0v) is 11.6. The molecule has 1 fully saturated rings. The van der Waals surface area contributed by atoms with Gasteiger partial charge in [-0.3, -0.25) is 9.59 Å². The number of benzene rings is 1. The largest absolute Gasteiger partial charge is 0.342 e. The number of hydrogen-bond donors (Lipinski definition) is 1. The normalized spacial score (nSPS) is 16.0. The van der Waals surface area contributed by atoms with Gasteiger partial charge < -0.3 is 10.2 Å². The molecule has 0 radical (unpaired) electrons. The van der Waals surface area contributed by atoms with Crippen molar-refractivity contribution < 1.29 is 14.0 Å². The number of anilines is 1. The lowest BCUT2D eigenvalue weighted by atomic mass is 9.99. The monoisotopic (exact) mass is 278 g/mol. The molecule has 4 nitrogen and oxygen atoms in total. The van der Waals surface area contributed by atoms with Crippen LogP contribution >= 0.6 is 0 Å². The van der Waals surface area contributed by atoms with E-state index < -0.39 is 0 Å². The van der Waals surface area contributed by atoms with E-state index in [1.165, 1.54) is 24.3 Å². The maximum atomic E-state index is 12.7. The summed E-state index contributed by atoms with van der Waals surface area (Å²) < 4.78 is 12.7. The summed E-state index contributed by atoms with van der Waals surface area (Å²) in [7, 11) is 0. The molecule has 1 aliphatic rings. The number of nitrogens with zero attached hydrogens (tertiary/aromatic N) is 1. The van der Waals surface area contributed by atoms with Crippen molar-refractivity contribution in [3.63, 3.8) is 0 Å². The van der Waals surface area contributed by atoms with Gasteiger partial charge >= 0.3 is 0 Å². The fourth-order valence-corrected chi connectivity index (χ4v) is 2.25. The van der Waals surface area contributed by atoms with E-state index in [0.717, 1.165) is 25.9 Å². The Labute approximate surface area is 118 Å². The lowest BCUT2D eigenvalue weighted by Gasteiger charge is -2.30. The molecule has 1 heterocycles. The van der Waals surface area contributed by atoms with Crippen molar-refractivity contribution in [2.75, 3.05) is 18.4 Å². The van der Waals surface area contributed by atoms with Crippen molar-refractivity contribution >= 4 is 17.5 Å². The summed E-state index contributed by atoms with van der Waals surface area (Å²) in [5.41, 5.74) is 0.497. The molecule has 1 aliphatic heterocycles. The van der Waals surface area contributed by atoms with Crippen molar-refractivity contribution in [1.29, 1.82) is 0 Å². The fourth-order valence-electron chi connectivity index (χ4n) is 2.25. The number of nitrogens with one attached hydrogen (secondary N) is 1. The summed E-state index contributed by atoms with van der Waals surface area (Å²) in [4.78, 5) is 25.5. The molecule has 0 bridgehead atoms. The van der Waals surface area contributed by atoms with Gasteiger partial charge in [-0.05, 0) is 43.0 Å². The van der Waals surface area contributed by atoms with Crippen LogP contribution in [-0.2, 0) is 9.59 Å². The summed E-state index contributed by atoms with van der Waals surface area (Å²) in [6.07, 6.45) is 1.82. The Morgan fingerprint density at radius 2 is 1.85 bits per heavy atom. The van der Waals surface area contributed by atoms with Gasteiger partial charge in [0.2, 0.25) is 11.8 Å². The van der Waals surface area contributed by atoms with Crippen LogP contribution in [0.15, 0.2) is 24.3 Å². The Hall–Kier alpha value is -1.91. The second-order valence-corrected chi connectivity index (χ2v) is 5.30. The Balaban J connectivity index is 1.82. The molecule has 0 aliphatic carbocycles. The minimum Gasteiger partial charge on any atom is -0.342 e. The van der Waals surface area contributed by atoms with E-state index in [9.17, 15) is 14.0 Å². The highest BCUT2D eigenvalue weighted by atomic mass is 19.1. The van der Waals surface area contributed by atoms with Crippen LogP contribution in [0.1, 0.15) is 26.2 Å². The molecule has 5 heteroatoms. The van der Waals surface area contributed by atoms with Crippen LogP contribution in [-0.4, -0.2) is 29.8 Å². The quantitative estimate of drug-likeness (QED) is 0.863. The van der Waals surface area contributed by atoms with E-state index in [2.05, 4.69) is 12.2 Å². The summed E-state index contributed by atoms with van der Waals surface area (Å²) in [5, 5.41) is 2.59. The zero-order valence-electron chi connectivity index (χ0n) is 11.6. The van der Waals surface area contributed by atoms with E-state index in [1.54, 1.807) is 4.90 Å². The smallest absolute Gasteiger partial charge is 0.233 e. The molecule has 20 heavy (non-hydrogen) atoms. The molecule has 0 unspecified atom stereocenters. The van der Waals surface area contributed by atoms with Crippen molar-refractivity contribution in [2.45, 2.75) is 26.2 Å². The first-order valence-corrected chi connectivity index (χ1v) is 6.88. The SMILES string of the molecule is CC1CCN(C(=O)CC(=O)Nc2ccc(F)cc2)CC1. The third kappa shape index (κ3) is 4.05. The first kappa shape index (κ1) is 14.5. The molecule has 1 N–H and O–H groups in total. The van der Waals surface area contributed by atoms with Crippen molar-refractivity contribution in [2.24, 2.45) is 5.92 Å². The Morgan fingerprint density at radius 3 is 2.45 bits per heavy atom. The van der Waals surface area contributed by atoms with Crippen LogP contribution in [0.2, 0.25) is 0 Å². The second-order valence-electron chi connectivity index (χ2n) is 5.30. The lowest BCUT2D eigenvalue weighted by Crippen LogP contribution is -2.39. The molecular formula is C15H19FN2O2. The van der Waals surface area contributed by atoms with E-state index in [0.29, 0.717) is 11.6 Å². The molecule has 0 saturated carbocycles. The number of likely N-dealkylation sites (tertiary alicyclic amines) is 1. The fraction of sp³-hybridized carbons (Fsp3) is 0.467. The van der Waals surface area contributed by atoms with Crippen molar-refractivity contribution in [3.05, 3.63) is 30.1 Å². The topological polar surface area (TPSA) is 49.4 Å². The highest BCUT2D eigenvalue weighted by Crippen LogP contribution is 2.17. The second kappa shape index (κ2) is 6.50. The molecule has 0 aromatic heterocycles. The summed E-state index contributed by atoms with van der Waals surface area (Å²) in [6, 6.07) is 5.48. The minimum absolute atomic E-state index is 0.142. The molecule has 108 valence electrons. The van der Waals surface area contributed by atoms with Crippen LogP contribution in [0.25, 0.3) is 0 Å². The van der Waals surface area contributed by atoms with Crippen LogP contribution < -0.4 is 5.32 Å². The molecular weight excluding hydrogens is 259 g/mol. The van der Waals surface area contributed by atoms with Gasteiger partial charge in [-0.2, -0.15) is 0 Å². The average Bonchev–Trinajstić information content (AvgIpc) is 2.42. The molecule has 2 amide bonds. The van der Waals surface area contributed by atoms with E-state index in [4.69, 9.17) is 0 Å². The van der Waals surface area contributed by atoms with Gasteiger partial charge in [-0.1, -0.05) is 6.92 Å². The number of carbonyl (C=O) groups is 2.